The van der Waals surface area contributed by atoms with Gasteiger partial charge >= 0.3 is 0 Å². The average molecular weight is 459 g/mol. The standard InChI is InChI=1S/C30H38N2O2/c1-18-20-7-8-28(5)23(27(20,4)14-19(16-31)25(18)34)13-22(33)24-21-15-26(2,3)9-11-30(21,17-32)12-10-29(24,28)6/h13-14,18,20-21,24H,7-12,15H2,1-6H3/t18-,20-,21?,24?,27-,28+,29+,30+/m0/s1. The quantitative estimate of drug-likeness (QED) is 0.424. The van der Waals surface area contributed by atoms with E-state index >= 15 is 0 Å². The number of rotatable bonds is 0. The van der Waals surface area contributed by atoms with Gasteiger partial charge in [0, 0.05) is 17.3 Å². The number of fused-ring (bicyclic) bond motifs is 7. The van der Waals surface area contributed by atoms with Crippen molar-refractivity contribution >= 4 is 11.6 Å². The molecule has 0 saturated heterocycles. The smallest absolute Gasteiger partial charge is 0.176 e. The van der Waals surface area contributed by atoms with Gasteiger partial charge in [-0.15, -0.1) is 0 Å². The van der Waals surface area contributed by atoms with Crippen LogP contribution in [0.4, 0.5) is 0 Å². The molecule has 180 valence electrons. The molecule has 0 bridgehead atoms. The Kier molecular flexibility index (Phi) is 4.80. The first kappa shape index (κ1) is 23.5. The van der Waals surface area contributed by atoms with Crippen molar-refractivity contribution < 1.29 is 9.59 Å². The van der Waals surface area contributed by atoms with Crippen LogP contribution in [-0.2, 0) is 9.59 Å². The van der Waals surface area contributed by atoms with Crippen molar-refractivity contribution in [1.82, 2.24) is 0 Å². The Balaban J connectivity index is 1.69. The molecule has 0 aromatic heterocycles. The highest BCUT2D eigenvalue weighted by Gasteiger charge is 2.69. The zero-order valence-electron chi connectivity index (χ0n) is 21.6. The number of ketones is 2. The molecule has 5 aliphatic rings. The minimum Gasteiger partial charge on any atom is -0.295 e. The summed E-state index contributed by atoms with van der Waals surface area (Å²) in [6, 6.07) is 4.88. The topological polar surface area (TPSA) is 81.7 Å². The number of carbonyl (C=O) groups excluding carboxylic acids is 2. The summed E-state index contributed by atoms with van der Waals surface area (Å²) < 4.78 is 0. The van der Waals surface area contributed by atoms with Gasteiger partial charge in [0.25, 0.3) is 0 Å². The third kappa shape index (κ3) is 2.69. The fourth-order valence-corrected chi connectivity index (χ4v) is 9.45. The molecule has 0 heterocycles. The summed E-state index contributed by atoms with van der Waals surface area (Å²) in [6.45, 7) is 13.4. The molecule has 8 atom stereocenters. The molecular weight excluding hydrogens is 420 g/mol. The molecule has 3 saturated carbocycles. The van der Waals surface area contributed by atoms with Crippen LogP contribution in [-0.4, -0.2) is 11.6 Å². The maximum Gasteiger partial charge on any atom is 0.176 e. The Morgan fingerprint density at radius 3 is 2.26 bits per heavy atom. The van der Waals surface area contributed by atoms with Crippen LogP contribution in [0.5, 0.6) is 0 Å². The van der Waals surface area contributed by atoms with Gasteiger partial charge in [-0.25, -0.2) is 0 Å². The fraction of sp³-hybridized carbons (Fsp3) is 0.733. The first-order chi connectivity index (χ1) is 15.8. The average Bonchev–Trinajstić information content (AvgIpc) is 2.77. The second-order valence-electron chi connectivity index (χ2n) is 13.7. The number of hydrogen-bond acceptors (Lipinski definition) is 4. The van der Waals surface area contributed by atoms with Crippen LogP contribution >= 0.6 is 0 Å². The Bertz CT molecular complexity index is 1130. The first-order valence-electron chi connectivity index (χ1n) is 13.1. The third-order valence-electron chi connectivity index (χ3n) is 11.7. The first-order valence-corrected chi connectivity index (χ1v) is 13.1. The normalized spacial score (nSPS) is 49.2. The maximum absolute atomic E-state index is 14.1. The molecule has 0 aromatic carbocycles. The van der Waals surface area contributed by atoms with Crippen LogP contribution in [0, 0.1) is 73.4 Å². The van der Waals surface area contributed by atoms with E-state index in [1.807, 2.05) is 19.1 Å². The Morgan fingerprint density at radius 2 is 1.62 bits per heavy atom. The Labute approximate surface area is 204 Å². The van der Waals surface area contributed by atoms with Gasteiger partial charge in [0.1, 0.15) is 6.07 Å². The van der Waals surface area contributed by atoms with Crippen LogP contribution in [0.15, 0.2) is 23.3 Å². The Hall–Kier alpha value is -2.20. The summed E-state index contributed by atoms with van der Waals surface area (Å²) in [5.41, 5.74) is 0.233. The van der Waals surface area contributed by atoms with E-state index in [1.165, 1.54) is 0 Å². The third-order valence-corrected chi connectivity index (χ3v) is 11.7. The van der Waals surface area contributed by atoms with Gasteiger partial charge in [-0.3, -0.25) is 9.59 Å². The van der Waals surface area contributed by atoms with E-state index < -0.39 is 10.8 Å². The molecule has 3 fully saturated rings. The van der Waals surface area contributed by atoms with Crippen LogP contribution in [0.1, 0.15) is 86.5 Å². The lowest BCUT2D eigenvalue weighted by molar-refractivity contribution is -0.161. The van der Waals surface area contributed by atoms with E-state index in [0.29, 0.717) is 0 Å². The van der Waals surface area contributed by atoms with Gasteiger partial charge in [-0.1, -0.05) is 53.2 Å². The molecule has 0 aromatic rings. The van der Waals surface area contributed by atoms with Gasteiger partial charge in [-0.2, -0.15) is 10.5 Å². The SMILES string of the molecule is C[C@@H]1C(=O)C(C#N)=C[C@]2(C)C3=CC(=O)C4C5CC(C)(C)CC[C@]5(C#N)CC[C@@]4(C)[C@]3(C)CC[C@@H]12. The lowest BCUT2D eigenvalue weighted by atomic mass is 9.35. The molecule has 5 aliphatic carbocycles. The summed E-state index contributed by atoms with van der Waals surface area (Å²) in [5, 5.41) is 20.1. The summed E-state index contributed by atoms with van der Waals surface area (Å²) in [4.78, 5) is 27.0. The predicted octanol–water partition coefficient (Wildman–Crippen LogP) is 6.34. The molecule has 4 heteroatoms. The number of Topliss-reactive ketones (excluding diaryl/α,β-unsaturated/α-hetero) is 1. The van der Waals surface area contributed by atoms with E-state index in [-0.39, 0.29) is 57.1 Å². The summed E-state index contributed by atoms with van der Waals surface area (Å²) in [7, 11) is 0. The van der Waals surface area contributed by atoms with Crippen molar-refractivity contribution in [2.24, 2.45) is 50.7 Å². The van der Waals surface area contributed by atoms with E-state index in [2.05, 4.69) is 46.8 Å². The van der Waals surface area contributed by atoms with Gasteiger partial charge in [0.05, 0.1) is 17.1 Å². The van der Waals surface area contributed by atoms with Gasteiger partial charge in [0.2, 0.25) is 0 Å². The monoisotopic (exact) mass is 458 g/mol. The summed E-state index contributed by atoms with van der Waals surface area (Å²) in [6.07, 6.45) is 10.3. The fourth-order valence-electron chi connectivity index (χ4n) is 9.45. The molecule has 5 rings (SSSR count). The second kappa shape index (κ2) is 6.94. The van der Waals surface area contributed by atoms with Crippen molar-refractivity contribution in [3.8, 4) is 12.1 Å². The van der Waals surface area contributed by atoms with Crippen molar-refractivity contribution in [3.63, 3.8) is 0 Å². The van der Waals surface area contributed by atoms with E-state index in [9.17, 15) is 20.1 Å². The minimum atomic E-state index is -0.468. The van der Waals surface area contributed by atoms with Crippen LogP contribution < -0.4 is 0 Å². The van der Waals surface area contributed by atoms with E-state index in [1.54, 1.807) is 0 Å². The number of nitrogens with zero attached hydrogens (tertiary/aromatic N) is 2. The number of allylic oxidation sites excluding steroid dienone is 4. The van der Waals surface area contributed by atoms with Crippen molar-refractivity contribution in [3.05, 3.63) is 23.3 Å². The van der Waals surface area contributed by atoms with Gasteiger partial charge < -0.3 is 0 Å². The summed E-state index contributed by atoms with van der Waals surface area (Å²) in [5.74, 6) is -0.0370. The van der Waals surface area contributed by atoms with Crippen LogP contribution in [0.25, 0.3) is 0 Å². The Morgan fingerprint density at radius 1 is 0.941 bits per heavy atom. The van der Waals surface area contributed by atoms with Gasteiger partial charge in [-0.05, 0) is 79.1 Å². The van der Waals surface area contributed by atoms with Crippen molar-refractivity contribution in [1.29, 1.82) is 10.5 Å². The number of hydrogen-bond donors (Lipinski definition) is 0. The van der Waals surface area contributed by atoms with Gasteiger partial charge in [0.15, 0.2) is 11.6 Å². The molecular formula is C30H38N2O2. The van der Waals surface area contributed by atoms with Crippen LogP contribution in [0.2, 0.25) is 0 Å². The molecule has 4 nitrogen and oxygen atoms in total. The molecule has 34 heavy (non-hydrogen) atoms. The number of nitriles is 2. The maximum atomic E-state index is 14.1. The number of carbonyl (C=O) groups is 2. The van der Waals surface area contributed by atoms with Crippen LogP contribution in [0.3, 0.4) is 0 Å². The predicted molar refractivity (Wildman–Crippen MR) is 130 cm³/mol. The zero-order valence-corrected chi connectivity index (χ0v) is 21.6. The van der Waals surface area contributed by atoms with Crippen molar-refractivity contribution in [2.75, 3.05) is 0 Å². The minimum absolute atomic E-state index is 0.0543. The zero-order chi connectivity index (χ0) is 24.9. The highest BCUT2D eigenvalue weighted by atomic mass is 16.1. The summed E-state index contributed by atoms with van der Waals surface area (Å²) >= 11 is 0. The molecule has 0 amide bonds. The lowest BCUT2D eigenvalue weighted by Gasteiger charge is -2.67. The second-order valence-corrected chi connectivity index (χ2v) is 13.7. The molecule has 0 radical (unpaired) electrons. The highest BCUT2D eigenvalue weighted by Crippen LogP contribution is 2.73. The molecule has 2 unspecified atom stereocenters. The molecule has 0 N–H and O–H groups in total. The molecule has 0 spiro atoms. The molecule has 0 aliphatic heterocycles. The van der Waals surface area contributed by atoms with E-state index in [0.717, 1.165) is 50.5 Å². The highest BCUT2D eigenvalue weighted by molar-refractivity contribution is 6.02. The van der Waals surface area contributed by atoms with E-state index in [4.69, 9.17) is 0 Å². The largest absolute Gasteiger partial charge is 0.295 e. The lowest BCUT2D eigenvalue weighted by Crippen LogP contribution is -2.64. The van der Waals surface area contributed by atoms with Crippen molar-refractivity contribution in [2.45, 2.75) is 86.5 Å².